The molecule has 3 rings (SSSR count). The molecule has 1 aromatic carbocycles. The lowest BCUT2D eigenvalue weighted by Crippen LogP contribution is -2.46. The Balaban J connectivity index is 1.81. The molecule has 2 aromatic rings. The standard InChI is InChI=1S/C23H31BrN2O4/c1-4-28-21-13-17(20(24)15-22(21)29-5-2)14-23(27)26(16-19-7-6-12-30-19)18-8-10-25(3)11-9-18/h6-7,12-13,15,18H,4-5,8-11,14,16H2,1-3H3. The van der Waals surface area contributed by atoms with Gasteiger partial charge in [0.15, 0.2) is 11.5 Å². The summed E-state index contributed by atoms with van der Waals surface area (Å²) >= 11 is 3.61. The lowest BCUT2D eigenvalue weighted by Gasteiger charge is -2.37. The number of likely N-dealkylation sites (tertiary alicyclic amines) is 1. The number of hydrogen-bond acceptors (Lipinski definition) is 5. The molecule has 0 aliphatic carbocycles. The average Bonchev–Trinajstić information content (AvgIpc) is 3.24. The third-order valence-corrected chi connectivity index (χ3v) is 6.15. The van der Waals surface area contributed by atoms with Crippen molar-refractivity contribution in [2.24, 2.45) is 0 Å². The Kier molecular flexibility index (Phi) is 8.22. The van der Waals surface area contributed by atoms with Crippen molar-refractivity contribution in [3.05, 3.63) is 46.3 Å². The van der Waals surface area contributed by atoms with Crippen molar-refractivity contribution in [3.8, 4) is 11.5 Å². The van der Waals surface area contributed by atoms with Gasteiger partial charge in [0.05, 0.1) is 32.4 Å². The number of piperidine rings is 1. The monoisotopic (exact) mass is 478 g/mol. The minimum atomic E-state index is 0.0910. The number of carbonyl (C=O) groups excluding carboxylic acids is 1. The van der Waals surface area contributed by atoms with Crippen LogP contribution in [0.15, 0.2) is 39.4 Å². The van der Waals surface area contributed by atoms with Gasteiger partial charge in [0.25, 0.3) is 0 Å². The summed E-state index contributed by atoms with van der Waals surface area (Å²) in [7, 11) is 2.13. The van der Waals surface area contributed by atoms with Crippen LogP contribution in [-0.2, 0) is 17.8 Å². The Morgan fingerprint density at radius 1 is 1.20 bits per heavy atom. The molecule has 0 bridgehead atoms. The lowest BCUT2D eigenvalue weighted by molar-refractivity contribution is -0.134. The zero-order valence-corrected chi connectivity index (χ0v) is 19.6. The third kappa shape index (κ3) is 5.79. The van der Waals surface area contributed by atoms with Gasteiger partial charge in [-0.05, 0) is 76.7 Å². The van der Waals surface area contributed by atoms with Crippen LogP contribution in [-0.4, -0.2) is 55.1 Å². The summed E-state index contributed by atoms with van der Waals surface area (Å²) in [5, 5.41) is 0. The second kappa shape index (κ2) is 10.9. The fourth-order valence-electron chi connectivity index (χ4n) is 3.81. The van der Waals surface area contributed by atoms with Gasteiger partial charge in [-0.2, -0.15) is 0 Å². The van der Waals surface area contributed by atoms with E-state index in [1.54, 1.807) is 6.26 Å². The highest BCUT2D eigenvalue weighted by Gasteiger charge is 2.28. The van der Waals surface area contributed by atoms with E-state index < -0.39 is 0 Å². The minimum absolute atomic E-state index is 0.0910. The summed E-state index contributed by atoms with van der Waals surface area (Å²) in [6.07, 6.45) is 3.89. The molecular formula is C23H31BrN2O4. The first-order valence-corrected chi connectivity index (χ1v) is 11.4. The van der Waals surface area contributed by atoms with E-state index >= 15 is 0 Å². The van der Waals surface area contributed by atoms with E-state index in [0.29, 0.717) is 37.7 Å². The molecule has 164 valence electrons. The topological polar surface area (TPSA) is 55.2 Å². The highest BCUT2D eigenvalue weighted by molar-refractivity contribution is 9.10. The van der Waals surface area contributed by atoms with Crippen LogP contribution in [0.5, 0.6) is 11.5 Å². The van der Waals surface area contributed by atoms with Gasteiger partial charge in [0, 0.05) is 10.5 Å². The maximum absolute atomic E-state index is 13.4. The van der Waals surface area contributed by atoms with Crippen LogP contribution in [0.3, 0.4) is 0 Å². The van der Waals surface area contributed by atoms with Gasteiger partial charge in [-0.15, -0.1) is 0 Å². The van der Waals surface area contributed by atoms with E-state index in [9.17, 15) is 4.79 Å². The molecule has 0 N–H and O–H groups in total. The maximum atomic E-state index is 13.4. The number of carbonyl (C=O) groups is 1. The number of hydrogen-bond donors (Lipinski definition) is 0. The number of amides is 1. The quantitative estimate of drug-likeness (QED) is 0.530. The van der Waals surface area contributed by atoms with Gasteiger partial charge in [0.2, 0.25) is 5.91 Å². The van der Waals surface area contributed by atoms with Crippen LogP contribution in [0.1, 0.15) is 38.0 Å². The van der Waals surface area contributed by atoms with Crippen molar-refractivity contribution >= 4 is 21.8 Å². The summed E-state index contributed by atoms with van der Waals surface area (Å²) in [6, 6.07) is 7.81. The molecule has 1 amide bonds. The van der Waals surface area contributed by atoms with E-state index in [1.165, 1.54) is 0 Å². The third-order valence-electron chi connectivity index (χ3n) is 5.41. The number of benzene rings is 1. The van der Waals surface area contributed by atoms with Gasteiger partial charge in [-0.25, -0.2) is 0 Å². The fraction of sp³-hybridized carbons (Fsp3) is 0.522. The SMILES string of the molecule is CCOc1cc(Br)c(CC(=O)N(Cc2ccco2)C2CCN(C)CC2)cc1OCC. The van der Waals surface area contributed by atoms with Gasteiger partial charge in [-0.1, -0.05) is 15.9 Å². The Morgan fingerprint density at radius 2 is 1.87 bits per heavy atom. The Hall–Kier alpha value is -1.99. The molecule has 30 heavy (non-hydrogen) atoms. The van der Waals surface area contributed by atoms with Crippen LogP contribution in [0, 0.1) is 0 Å². The molecule has 0 radical (unpaired) electrons. The zero-order valence-electron chi connectivity index (χ0n) is 18.0. The van der Waals surface area contributed by atoms with Crippen molar-refractivity contribution in [1.82, 2.24) is 9.80 Å². The number of halogens is 1. The second-order valence-electron chi connectivity index (χ2n) is 7.57. The van der Waals surface area contributed by atoms with Crippen LogP contribution < -0.4 is 9.47 Å². The number of furan rings is 1. The minimum Gasteiger partial charge on any atom is -0.490 e. The Bertz CT molecular complexity index is 817. The predicted octanol–water partition coefficient (Wildman–Crippen LogP) is 4.51. The molecule has 0 saturated carbocycles. The van der Waals surface area contributed by atoms with E-state index in [2.05, 4.69) is 27.9 Å². The van der Waals surface area contributed by atoms with Gasteiger partial charge in [0.1, 0.15) is 5.76 Å². The molecule has 0 spiro atoms. The number of rotatable bonds is 9. The van der Waals surface area contributed by atoms with Gasteiger partial charge < -0.3 is 23.7 Å². The van der Waals surface area contributed by atoms with Crippen molar-refractivity contribution in [2.75, 3.05) is 33.4 Å². The summed E-state index contributed by atoms with van der Waals surface area (Å²) in [4.78, 5) is 17.7. The Morgan fingerprint density at radius 3 is 2.47 bits per heavy atom. The van der Waals surface area contributed by atoms with Crippen LogP contribution >= 0.6 is 15.9 Å². The first kappa shape index (κ1) is 22.7. The molecule has 1 saturated heterocycles. The van der Waals surface area contributed by atoms with E-state index in [-0.39, 0.29) is 11.9 Å². The number of nitrogens with zero attached hydrogens (tertiary/aromatic N) is 2. The molecule has 1 aliphatic rings. The number of ether oxygens (including phenoxy) is 2. The Labute approximate surface area is 187 Å². The molecule has 1 aromatic heterocycles. The normalized spacial score (nSPS) is 15.2. The summed E-state index contributed by atoms with van der Waals surface area (Å²) < 4.78 is 17.8. The van der Waals surface area contributed by atoms with Crippen LogP contribution in [0.25, 0.3) is 0 Å². The van der Waals surface area contributed by atoms with Crippen LogP contribution in [0.2, 0.25) is 0 Å². The van der Waals surface area contributed by atoms with Gasteiger partial charge >= 0.3 is 0 Å². The molecule has 0 unspecified atom stereocenters. The zero-order chi connectivity index (χ0) is 21.5. The smallest absolute Gasteiger partial charge is 0.227 e. The molecule has 2 heterocycles. The highest BCUT2D eigenvalue weighted by Crippen LogP contribution is 2.34. The summed E-state index contributed by atoms with van der Waals surface area (Å²) in [5.41, 5.74) is 0.893. The second-order valence-corrected chi connectivity index (χ2v) is 8.42. The molecule has 0 atom stereocenters. The first-order valence-electron chi connectivity index (χ1n) is 10.6. The molecule has 7 heteroatoms. The highest BCUT2D eigenvalue weighted by atomic mass is 79.9. The predicted molar refractivity (Wildman–Crippen MR) is 120 cm³/mol. The molecule has 6 nitrogen and oxygen atoms in total. The van der Waals surface area contributed by atoms with Crippen molar-refractivity contribution in [2.45, 2.75) is 45.7 Å². The van der Waals surface area contributed by atoms with E-state index in [0.717, 1.165) is 41.7 Å². The van der Waals surface area contributed by atoms with Crippen molar-refractivity contribution in [1.29, 1.82) is 0 Å². The molecule has 1 fully saturated rings. The lowest BCUT2D eigenvalue weighted by atomic mass is 10.0. The molecule has 1 aliphatic heterocycles. The summed E-state index contributed by atoms with van der Waals surface area (Å²) in [5.74, 6) is 2.25. The van der Waals surface area contributed by atoms with E-state index in [4.69, 9.17) is 13.9 Å². The van der Waals surface area contributed by atoms with E-state index in [1.807, 2.05) is 43.0 Å². The summed E-state index contributed by atoms with van der Waals surface area (Å²) in [6.45, 7) is 7.45. The van der Waals surface area contributed by atoms with Crippen LogP contribution in [0.4, 0.5) is 0 Å². The van der Waals surface area contributed by atoms with Gasteiger partial charge in [-0.3, -0.25) is 4.79 Å². The first-order chi connectivity index (χ1) is 14.5. The largest absolute Gasteiger partial charge is 0.490 e. The molecular weight excluding hydrogens is 448 g/mol. The van der Waals surface area contributed by atoms with Crippen molar-refractivity contribution < 1.29 is 18.7 Å². The average molecular weight is 479 g/mol. The maximum Gasteiger partial charge on any atom is 0.227 e. The van der Waals surface area contributed by atoms with Crippen molar-refractivity contribution in [3.63, 3.8) is 0 Å². The fourth-order valence-corrected chi connectivity index (χ4v) is 4.27.